The summed E-state index contributed by atoms with van der Waals surface area (Å²) < 4.78 is 12.3. The molecule has 1 aliphatic heterocycles. The molecule has 0 radical (unpaired) electrons. The lowest BCUT2D eigenvalue weighted by molar-refractivity contribution is -0.157. The maximum absolute atomic E-state index is 11.6. The maximum Gasteiger partial charge on any atom is 0.302 e. The molecule has 4 aliphatic carbocycles. The fourth-order valence-electron chi connectivity index (χ4n) is 10.00. The third kappa shape index (κ3) is 3.42. The average molecular weight is 445 g/mol. The molecule has 1 saturated heterocycles. The average Bonchev–Trinajstić information content (AvgIpc) is 3.28. The fraction of sp³-hybridized carbons (Fsp3) is 0.966. The Morgan fingerprint density at radius 3 is 2.53 bits per heavy atom. The number of rotatable bonds is 6. The summed E-state index contributed by atoms with van der Waals surface area (Å²) in [6, 6.07) is 0. The third-order valence-corrected chi connectivity index (χ3v) is 11.6. The summed E-state index contributed by atoms with van der Waals surface area (Å²) in [4.78, 5) is 11.6. The Labute approximate surface area is 196 Å². The first-order chi connectivity index (χ1) is 15.1. The van der Waals surface area contributed by atoms with Gasteiger partial charge in [-0.25, -0.2) is 0 Å². The lowest BCUT2D eigenvalue weighted by Crippen LogP contribution is -2.59. The fourth-order valence-corrected chi connectivity index (χ4v) is 10.00. The van der Waals surface area contributed by atoms with E-state index in [1.165, 1.54) is 57.8 Å². The van der Waals surface area contributed by atoms with Crippen LogP contribution < -0.4 is 0 Å². The van der Waals surface area contributed by atoms with E-state index in [2.05, 4.69) is 34.6 Å². The molecular weight excluding hydrogens is 396 g/mol. The molecule has 0 aromatic carbocycles. The van der Waals surface area contributed by atoms with Crippen molar-refractivity contribution < 1.29 is 14.3 Å². The standard InChI is InChI=1S/C29H48O3/c1-18(2)8-7-9-19(3)23-10-11-24-22-16-26-29(32-26)17-21(31-20(4)30)12-15-28(29,6)25(22)13-14-27(23,24)5/h18-19,21-26H,7-17H2,1-6H3/t19-,21-,22-,23+,24+,25-,26+,27-,28-,29+/m1/s1. The molecule has 3 heteroatoms. The highest BCUT2D eigenvalue weighted by molar-refractivity contribution is 5.66. The van der Waals surface area contributed by atoms with Crippen LogP contribution in [0.5, 0.6) is 0 Å². The number of carbonyl (C=O) groups is 1. The van der Waals surface area contributed by atoms with Crippen molar-refractivity contribution in [3.8, 4) is 0 Å². The monoisotopic (exact) mass is 444 g/mol. The summed E-state index contributed by atoms with van der Waals surface area (Å²) in [5.74, 6) is 5.03. The van der Waals surface area contributed by atoms with Crippen LogP contribution in [0.4, 0.5) is 0 Å². The minimum absolute atomic E-state index is 0.00240. The summed E-state index contributed by atoms with van der Waals surface area (Å²) >= 11 is 0. The first kappa shape index (κ1) is 23.2. The lowest BCUT2D eigenvalue weighted by Gasteiger charge is -2.59. The normalized spacial score (nSPS) is 50.1. The van der Waals surface area contributed by atoms with Crippen molar-refractivity contribution in [3.63, 3.8) is 0 Å². The Hall–Kier alpha value is -0.570. The second-order valence-corrected chi connectivity index (χ2v) is 13.5. The number of esters is 1. The molecule has 4 saturated carbocycles. The summed E-state index contributed by atoms with van der Waals surface area (Å²) in [6.45, 7) is 14.1. The van der Waals surface area contributed by atoms with Gasteiger partial charge in [-0.3, -0.25) is 4.79 Å². The van der Waals surface area contributed by atoms with E-state index in [1.54, 1.807) is 6.92 Å². The zero-order valence-corrected chi connectivity index (χ0v) is 21.6. The van der Waals surface area contributed by atoms with Gasteiger partial charge < -0.3 is 9.47 Å². The van der Waals surface area contributed by atoms with Crippen LogP contribution in [0.2, 0.25) is 0 Å². The van der Waals surface area contributed by atoms with Crippen molar-refractivity contribution in [1.82, 2.24) is 0 Å². The summed E-state index contributed by atoms with van der Waals surface area (Å²) in [5.41, 5.74) is 0.820. The number of fused-ring (bicyclic) bond motifs is 4. The van der Waals surface area contributed by atoms with Gasteiger partial charge in [-0.2, -0.15) is 0 Å². The van der Waals surface area contributed by atoms with Crippen molar-refractivity contribution in [3.05, 3.63) is 0 Å². The van der Waals surface area contributed by atoms with Crippen LogP contribution >= 0.6 is 0 Å². The predicted molar refractivity (Wildman–Crippen MR) is 128 cm³/mol. The number of ether oxygens (including phenoxy) is 2. The third-order valence-electron chi connectivity index (χ3n) is 11.6. The summed E-state index contributed by atoms with van der Waals surface area (Å²) in [6.07, 6.45) is 14.8. The van der Waals surface area contributed by atoms with Crippen LogP contribution in [-0.4, -0.2) is 23.8 Å². The van der Waals surface area contributed by atoms with Crippen LogP contribution in [0, 0.1) is 46.3 Å². The van der Waals surface area contributed by atoms with Crippen LogP contribution in [0.3, 0.4) is 0 Å². The van der Waals surface area contributed by atoms with Gasteiger partial charge in [0.1, 0.15) is 11.7 Å². The Kier molecular flexibility index (Phi) is 5.79. The number of carbonyl (C=O) groups excluding carboxylic acids is 1. The van der Waals surface area contributed by atoms with Crippen molar-refractivity contribution in [2.24, 2.45) is 46.3 Å². The second kappa shape index (κ2) is 7.99. The first-order valence-corrected chi connectivity index (χ1v) is 14.0. The second-order valence-electron chi connectivity index (χ2n) is 13.5. The molecule has 32 heavy (non-hydrogen) atoms. The molecule has 1 heterocycles. The van der Waals surface area contributed by atoms with Gasteiger partial charge >= 0.3 is 5.97 Å². The Balaban J connectivity index is 1.30. The van der Waals surface area contributed by atoms with E-state index in [4.69, 9.17) is 9.47 Å². The minimum Gasteiger partial charge on any atom is -0.462 e. The van der Waals surface area contributed by atoms with E-state index in [1.807, 2.05) is 0 Å². The van der Waals surface area contributed by atoms with Crippen molar-refractivity contribution in [1.29, 1.82) is 0 Å². The molecule has 5 fully saturated rings. The van der Waals surface area contributed by atoms with Gasteiger partial charge in [0.2, 0.25) is 0 Å². The van der Waals surface area contributed by atoms with Gasteiger partial charge in [-0.05, 0) is 85.9 Å². The van der Waals surface area contributed by atoms with Crippen molar-refractivity contribution >= 4 is 5.97 Å². The highest BCUT2D eigenvalue weighted by atomic mass is 16.6. The zero-order chi connectivity index (χ0) is 22.9. The molecular formula is C29H48O3. The Morgan fingerprint density at radius 2 is 1.81 bits per heavy atom. The van der Waals surface area contributed by atoms with Crippen molar-refractivity contribution in [2.75, 3.05) is 0 Å². The smallest absolute Gasteiger partial charge is 0.302 e. The highest BCUT2D eigenvalue weighted by Gasteiger charge is 2.76. The van der Waals surface area contributed by atoms with E-state index in [0.29, 0.717) is 11.5 Å². The van der Waals surface area contributed by atoms with Gasteiger partial charge in [0.05, 0.1) is 6.10 Å². The minimum atomic E-state index is -0.131. The van der Waals surface area contributed by atoms with Gasteiger partial charge in [0.25, 0.3) is 0 Å². The number of epoxide rings is 1. The molecule has 0 aromatic heterocycles. The SMILES string of the molecule is CC(=O)O[C@@H]1CC[C@]2(C)[C@@H]3CC[C@@]4(C)[C@@H](CC[C@H]4[C@H](C)CCCC(C)C)[C@H]3C[C@@H]3O[C@@]32C1. The summed E-state index contributed by atoms with van der Waals surface area (Å²) in [5, 5.41) is 0. The molecule has 5 aliphatic rings. The topological polar surface area (TPSA) is 38.8 Å². The van der Waals surface area contributed by atoms with Gasteiger partial charge in [0.15, 0.2) is 0 Å². The highest BCUT2D eigenvalue weighted by Crippen LogP contribution is 2.74. The molecule has 3 nitrogen and oxygen atoms in total. The van der Waals surface area contributed by atoms with Gasteiger partial charge in [-0.15, -0.1) is 0 Å². The van der Waals surface area contributed by atoms with E-state index >= 15 is 0 Å². The molecule has 182 valence electrons. The Morgan fingerprint density at radius 1 is 1.03 bits per heavy atom. The van der Waals surface area contributed by atoms with E-state index < -0.39 is 0 Å². The quantitative estimate of drug-likeness (QED) is 0.322. The lowest BCUT2D eigenvalue weighted by atomic mass is 9.44. The molecule has 1 spiro atoms. The van der Waals surface area contributed by atoms with E-state index in [9.17, 15) is 4.79 Å². The first-order valence-electron chi connectivity index (χ1n) is 14.0. The Bertz CT molecular complexity index is 732. The molecule has 0 unspecified atom stereocenters. The van der Waals surface area contributed by atoms with Crippen LogP contribution in [0.25, 0.3) is 0 Å². The maximum atomic E-state index is 11.6. The van der Waals surface area contributed by atoms with Gasteiger partial charge in [-0.1, -0.05) is 53.9 Å². The molecule has 10 atom stereocenters. The number of hydrogen-bond acceptors (Lipinski definition) is 3. The van der Waals surface area contributed by atoms with Crippen LogP contribution in [0.15, 0.2) is 0 Å². The van der Waals surface area contributed by atoms with E-state index in [-0.39, 0.29) is 23.1 Å². The largest absolute Gasteiger partial charge is 0.462 e. The zero-order valence-electron chi connectivity index (χ0n) is 21.6. The molecule has 0 bridgehead atoms. The summed E-state index contributed by atoms with van der Waals surface area (Å²) in [7, 11) is 0. The molecule has 0 aromatic rings. The van der Waals surface area contributed by atoms with E-state index in [0.717, 1.165) is 48.3 Å². The van der Waals surface area contributed by atoms with Crippen LogP contribution in [-0.2, 0) is 14.3 Å². The van der Waals surface area contributed by atoms with Gasteiger partial charge in [0, 0.05) is 18.8 Å². The predicted octanol–water partition coefficient (Wildman–Crippen LogP) is 7.17. The molecule has 5 rings (SSSR count). The molecule has 0 N–H and O–H groups in total. The van der Waals surface area contributed by atoms with Crippen molar-refractivity contribution in [2.45, 2.75) is 130 Å². The molecule has 0 amide bonds. The van der Waals surface area contributed by atoms with Crippen LogP contribution in [0.1, 0.15) is 112 Å². The number of hydrogen-bond donors (Lipinski definition) is 0.